The molecular weight excluding hydrogens is 531 g/mol. The van der Waals surface area contributed by atoms with Crippen LogP contribution in [0.15, 0.2) is 60.9 Å². The second-order valence-electron chi connectivity index (χ2n) is 11.5. The molecule has 1 fully saturated rings. The van der Waals surface area contributed by atoms with Crippen molar-refractivity contribution in [2.45, 2.75) is 52.7 Å². The van der Waals surface area contributed by atoms with Crippen LogP contribution in [0, 0.1) is 0 Å². The van der Waals surface area contributed by atoms with Crippen molar-refractivity contribution in [2.75, 3.05) is 31.1 Å². The molecule has 12 heteroatoms. The molecule has 0 bridgehead atoms. The average molecular weight is 569 g/mol. The summed E-state index contributed by atoms with van der Waals surface area (Å²) in [5, 5.41) is 4.92. The SMILES string of the molecule is C=C(F)/C=C(/NC(=O)c1ccc2nc(N3CCN(C(=O)OC(C)(C)C)CC3)cnc2c1)C(=C)NC(=O)OC(C)(C)C. The number of allylic oxidation sites excluding steroid dienone is 2. The van der Waals surface area contributed by atoms with Crippen molar-refractivity contribution < 1.29 is 28.2 Å². The lowest BCUT2D eigenvalue weighted by molar-refractivity contribution is 0.0240. The topological polar surface area (TPSA) is 126 Å². The van der Waals surface area contributed by atoms with Crippen LogP contribution in [0.2, 0.25) is 0 Å². The summed E-state index contributed by atoms with van der Waals surface area (Å²) in [6.45, 7) is 19.6. The van der Waals surface area contributed by atoms with E-state index >= 15 is 0 Å². The van der Waals surface area contributed by atoms with Gasteiger partial charge in [-0.2, -0.15) is 0 Å². The van der Waals surface area contributed by atoms with E-state index in [4.69, 9.17) is 9.47 Å². The summed E-state index contributed by atoms with van der Waals surface area (Å²) in [7, 11) is 0. The van der Waals surface area contributed by atoms with Gasteiger partial charge in [-0.25, -0.2) is 19.0 Å². The number of hydrogen-bond donors (Lipinski definition) is 2. The number of piperazine rings is 1. The van der Waals surface area contributed by atoms with Gasteiger partial charge in [0.1, 0.15) is 22.8 Å². The molecule has 0 unspecified atom stereocenters. The molecule has 3 amide bonds. The standard InChI is InChI=1S/C29H37FN6O5/c1-18(30)15-22(19(2)32-26(38)40-28(3,4)5)34-25(37)20-9-10-21-23(16-20)31-17-24(33-21)35-11-13-36(14-12-35)27(39)41-29(6,7)8/h9-10,15-17H,1-2,11-14H2,3-8H3,(H,32,38)(H,34,37)/b22-15+. The number of nitrogens with one attached hydrogen (secondary N) is 2. The van der Waals surface area contributed by atoms with Gasteiger partial charge >= 0.3 is 12.2 Å². The number of nitrogens with zero attached hydrogens (tertiary/aromatic N) is 4. The lowest BCUT2D eigenvalue weighted by atomic mass is 10.1. The van der Waals surface area contributed by atoms with Gasteiger partial charge < -0.3 is 24.6 Å². The Labute approximate surface area is 239 Å². The van der Waals surface area contributed by atoms with Crippen LogP contribution in [0.5, 0.6) is 0 Å². The van der Waals surface area contributed by atoms with E-state index in [1.807, 2.05) is 25.7 Å². The second kappa shape index (κ2) is 12.4. The number of aromatic nitrogens is 2. The number of carbonyl (C=O) groups excluding carboxylic acids is 3. The van der Waals surface area contributed by atoms with Crippen molar-refractivity contribution in [1.82, 2.24) is 25.5 Å². The third kappa shape index (κ3) is 9.30. The predicted octanol–water partition coefficient (Wildman–Crippen LogP) is 4.82. The summed E-state index contributed by atoms with van der Waals surface area (Å²) in [6, 6.07) is 4.76. The minimum absolute atomic E-state index is 0.0802. The van der Waals surface area contributed by atoms with Crippen LogP contribution < -0.4 is 15.5 Å². The van der Waals surface area contributed by atoms with Crippen LogP contribution in [0.3, 0.4) is 0 Å². The van der Waals surface area contributed by atoms with E-state index in [9.17, 15) is 18.8 Å². The van der Waals surface area contributed by atoms with Crippen molar-refractivity contribution in [3.8, 4) is 0 Å². The van der Waals surface area contributed by atoms with Crippen molar-refractivity contribution in [3.63, 3.8) is 0 Å². The number of ether oxygens (including phenoxy) is 2. The highest BCUT2D eigenvalue weighted by molar-refractivity contribution is 5.98. The number of halogens is 1. The Kier molecular flexibility index (Phi) is 9.36. The molecule has 1 aromatic heterocycles. The van der Waals surface area contributed by atoms with E-state index in [2.05, 4.69) is 33.8 Å². The Morgan fingerprint density at radius 3 is 2.17 bits per heavy atom. The van der Waals surface area contributed by atoms with Crippen LogP contribution in [0.1, 0.15) is 51.9 Å². The smallest absolute Gasteiger partial charge is 0.412 e. The zero-order valence-corrected chi connectivity index (χ0v) is 24.3. The van der Waals surface area contributed by atoms with E-state index in [-0.39, 0.29) is 23.1 Å². The number of alkyl carbamates (subject to hydrolysis) is 1. The molecule has 0 aliphatic carbocycles. The zero-order valence-electron chi connectivity index (χ0n) is 24.3. The molecule has 41 heavy (non-hydrogen) atoms. The quantitative estimate of drug-likeness (QED) is 0.475. The Bertz CT molecular complexity index is 1380. The molecule has 11 nitrogen and oxygen atoms in total. The summed E-state index contributed by atoms with van der Waals surface area (Å²) in [5.74, 6) is -0.790. The fourth-order valence-electron chi connectivity index (χ4n) is 3.78. The van der Waals surface area contributed by atoms with Crippen molar-refractivity contribution in [3.05, 3.63) is 66.4 Å². The molecule has 2 heterocycles. The fraction of sp³-hybridized carbons (Fsp3) is 0.414. The highest BCUT2D eigenvalue weighted by Crippen LogP contribution is 2.20. The number of amides is 3. The largest absolute Gasteiger partial charge is 0.444 e. The van der Waals surface area contributed by atoms with Gasteiger partial charge in [0, 0.05) is 31.7 Å². The van der Waals surface area contributed by atoms with Gasteiger partial charge in [-0.15, -0.1) is 0 Å². The summed E-state index contributed by atoms with van der Waals surface area (Å²) in [5.41, 5.74) is -0.229. The molecule has 2 aromatic rings. The van der Waals surface area contributed by atoms with Gasteiger partial charge in [0.15, 0.2) is 0 Å². The van der Waals surface area contributed by atoms with Gasteiger partial charge in [-0.05, 0) is 65.8 Å². The molecule has 1 saturated heterocycles. The second-order valence-corrected chi connectivity index (χ2v) is 11.5. The van der Waals surface area contributed by atoms with E-state index in [0.717, 1.165) is 6.08 Å². The normalized spacial score (nSPS) is 14.4. The number of benzene rings is 1. The van der Waals surface area contributed by atoms with Crippen LogP contribution in [-0.2, 0) is 9.47 Å². The first-order valence-corrected chi connectivity index (χ1v) is 13.1. The Morgan fingerprint density at radius 2 is 1.59 bits per heavy atom. The summed E-state index contributed by atoms with van der Waals surface area (Å²) >= 11 is 0. The van der Waals surface area contributed by atoms with E-state index in [0.29, 0.717) is 43.0 Å². The minimum atomic E-state index is -0.851. The van der Waals surface area contributed by atoms with Gasteiger partial charge in [0.25, 0.3) is 5.91 Å². The van der Waals surface area contributed by atoms with Crippen molar-refractivity contribution >= 4 is 34.9 Å². The number of hydrogen-bond acceptors (Lipinski definition) is 8. The molecule has 3 rings (SSSR count). The maximum atomic E-state index is 13.6. The maximum absolute atomic E-state index is 13.6. The third-order valence-corrected chi connectivity index (χ3v) is 5.57. The third-order valence-electron chi connectivity index (χ3n) is 5.57. The van der Waals surface area contributed by atoms with Crippen LogP contribution in [0.25, 0.3) is 11.0 Å². The highest BCUT2D eigenvalue weighted by atomic mass is 19.1. The van der Waals surface area contributed by atoms with E-state index in [1.54, 1.807) is 50.1 Å². The molecule has 0 atom stereocenters. The van der Waals surface area contributed by atoms with Gasteiger partial charge in [0.05, 0.1) is 28.6 Å². The van der Waals surface area contributed by atoms with Gasteiger partial charge in [0.2, 0.25) is 0 Å². The van der Waals surface area contributed by atoms with Gasteiger partial charge in [-0.3, -0.25) is 15.1 Å². The minimum Gasteiger partial charge on any atom is -0.444 e. The van der Waals surface area contributed by atoms with E-state index in [1.165, 1.54) is 0 Å². The lowest BCUT2D eigenvalue weighted by Crippen LogP contribution is -2.50. The van der Waals surface area contributed by atoms with Crippen LogP contribution in [-0.4, -0.2) is 70.3 Å². The molecule has 1 aromatic carbocycles. The first kappa shape index (κ1) is 31.1. The summed E-state index contributed by atoms with van der Waals surface area (Å²) in [4.78, 5) is 50.3. The average Bonchev–Trinajstić information content (AvgIpc) is 2.85. The molecular formula is C29H37FN6O5. The first-order valence-electron chi connectivity index (χ1n) is 13.1. The number of rotatable bonds is 6. The predicted molar refractivity (Wildman–Crippen MR) is 154 cm³/mol. The molecule has 0 radical (unpaired) electrons. The Hall–Kier alpha value is -4.48. The number of carbonyl (C=O) groups is 3. The summed E-state index contributed by atoms with van der Waals surface area (Å²) < 4.78 is 24.3. The van der Waals surface area contributed by atoms with Crippen molar-refractivity contribution in [2.24, 2.45) is 0 Å². The number of fused-ring (bicyclic) bond motifs is 1. The maximum Gasteiger partial charge on any atom is 0.412 e. The zero-order chi connectivity index (χ0) is 30.5. The van der Waals surface area contributed by atoms with E-state index < -0.39 is 29.0 Å². The Morgan fingerprint density at radius 1 is 0.951 bits per heavy atom. The monoisotopic (exact) mass is 568 g/mol. The van der Waals surface area contributed by atoms with Crippen LogP contribution in [0.4, 0.5) is 19.8 Å². The fourth-order valence-corrected chi connectivity index (χ4v) is 3.78. The molecule has 0 spiro atoms. The van der Waals surface area contributed by atoms with Crippen LogP contribution >= 0.6 is 0 Å². The summed E-state index contributed by atoms with van der Waals surface area (Å²) in [6.07, 6.45) is 1.39. The molecule has 0 saturated carbocycles. The molecule has 1 aliphatic rings. The lowest BCUT2D eigenvalue weighted by Gasteiger charge is -2.36. The molecule has 1 aliphatic heterocycles. The highest BCUT2D eigenvalue weighted by Gasteiger charge is 2.26. The Balaban J connectivity index is 1.68. The van der Waals surface area contributed by atoms with Gasteiger partial charge in [-0.1, -0.05) is 13.2 Å². The van der Waals surface area contributed by atoms with Crippen molar-refractivity contribution in [1.29, 1.82) is 0 Å². The first-order chi connectivity index (χ1) is 19.0. The molecule has 220 valence electrons. The number of anilines is 1. The molecule has 2 N–H and O–H groups in total.